The van der Waals surface area contributed by atoms with Crippen LogP contribution in [0, 0.1) is 27.7 Å². The minimum Gasteiger partial charge on any atom is -0.306 e. The summed E-state index contributed by atoms with van der Waals surface area (Å²) >= 11 is 0. The molecular weight excluding hydrogens is 400 g/mol. The van der Waals surface area contributed by atoms with Crippen LogP contribution in [0.3, 0.4) is 0 Å². The number of hydrogen-bond acceptors (Lipinski definition) is 3. The van der Waals surface area contributed by atoms with Gasteiger partial charge in [0.25, 0.3) is 17.7 Å². The Morgan fingerprint density at radius 1 is 0.781 bits per heavy atom. The van der Waals surface area contributed by atoms with Crippen molar-refractivity contribution in [2.45, 2.75) is 27.7 Å². The Bertz CT molecular complexity index is 1190. The molecule has 3 amide bonds. The summed E-state index contributed by atoms with van der Waals surface area (Å²) in [6.07, 6.45) is 0. The van der Waals surface area contributed by atoms with Gasteiger partial charge in [0.1, 0.15) is 0 Å². The SMILES string of the molecule is Cc1cc(C)cc(C(=O)N(CCN2C(=O)c3ccccc3C2=O)c2ccc(C)cc2C)c1. The molecule has 4 rings (SSSR count). The normalized spacial score (nSPS) is 12.8. The Kier molecular flexibility index (Phi) is 5.66. The van der Waals surface area contributed by atoms with Gasteiger partial charge >= 0.3 is 0 Å². The molecule has 0 aromatic heterocycles. The fraction of sp³-hybridized carbons (Fsp3) is 0.222. The highest BCUT2D eigenvalue weighted by molar-refractivity contribution is 6.21. The maximum absolute atomic E-state index is 13.6. The third kappa shape index (κ3) is 3.94. The molecule has 5 heteroatoms. The van der Waals surface area contributed by atoms with E-state index < -0.39 is 0 Å². The zero-order chi connectivity index (χ0) is 23.0. The number of imide groups is 1. The molecule has 0 saturated heterocycles. The average molecular weight is 427 g/mol. The summed E-state index contributed by atoms with van der Waals surface area (Å²) in [5.74, 6) is -0.782. The van der Waals surface area contributed by atoms with Crippen molar-refractivity contribution >= 4 is 23.4 Å². The van der Waals surface area contributed by atoms with Gasteiger partial charge in [0.2, 0.25) is 0 Å². The van der Waals surface area contributed by atoms with Crippen LogP contribution < -0.4 is 4.90 Å². The van der Waals surface area contributed by atoms with E-state index in [0.29, 0.717) is 16.7 Å². The number of aryl methyl sites for hydroxylation is 4. The molecule has 162 valence electrons. The van der Waals surface area contributed by atoms with Gasteiger partial charge in [-0.2, -0.15) is 0 Å². The van der Waals surface area contributed by atoms with Crippen LogP contribution in [0.4, 0.5) is 5.69 Å². The number of benzene rings is 3. The second-order valence-corrected chi connectivity index (χ2v) is 8.43. The maximum Gasteiger partial charge on any atom is 0.261 e. The van der Waals surface area contributed by atoms with Crippen LogP contribution in [0.1, 0.15) is 53.3 Å². The van der Waals surface area contributed by atoms with Gasteiger partial charge in [0, 0.05) is 24.3 Å². The molecule has 0 fully saturated rings. The maximum atomic E-state index is 13.6. The predicted molar refractivity (Wildman–Crippen MR) is 125 cm³/mol. The first-order chi connectivity index (χ1) is 15.3. The lowest BCUT2D eigenvalue weighted by atomic mass is 10.0. The number of carbonyl (C=O) groups excluding carboxylic acids is 3. The van der Waals surface area contributed by atoms with Gasteiger partial charge in [-0.25, -0.2) is 0 Å². The number of nitrogens with zero attached hydrogens (tertiary/aromatic N) is 2. The van der Waals surface area contributed by atoms with Gasteiger partial charge in [-0.1, -0.05) is 47.0 Å². The third-order valence-electron chi connectivity index (χ3n) is 5.78. The highest BCUT2D eigenvalue weighted by atomic mass is 16.2. The molecule has 1 aliphatic rings. The topological polar surface area (TPSA) is 57.7 Å². The van der Waals surface area contributed by atoms with Gasteiger partial charge in [0.05, 0.1) is 11.1 Å². The van der Waals surface area contributed by atoms with Crippen LogP contribution in [-0.4, -0.2) is 35.7 Å². The number of amides is 3. The third-order valence-corrected chi connectivity index (χ3v) is 5.78. The van der Waals surface area contributed by atoms with E-state index in [-0.39, 0.29) is 30.8 Å². The monoisotopic (exact) mass is 426 g/mol. The first-order valence-corrected chi connectivity index (χ1v) is 10.7. The van der Waals surface area contributed by atoms with E-state index in [0.717, 1.165) is 27.9 Å². The number of rotatable bonds is 5. The van der Waals surface area contributed by atoms with Crippen molar-refractivity contribution in [3.63, 3.8) is 0 Å². The summed E-state index contributed by atoms with van der Waals surface area (Å²) in [7, 11) is 0. The summed E-state index contributed by atoms with van der Waals surface area (Å²) in [6.45, 7) is 8.23. The number of carbonyl (C=O) groups is 3. The minimum atomic E-state index is -0.315. The predicted octanol–water partition coefficient (Wildman–Crippen LogP) is 4.86. The highest BCUT2D eigenvalue weighted by Gasteiger charge is 2.35. The second-order valence-electron chi connectivity index (χ2n) is 8.43. The molecule has 32 heavy (non-hydrogen) atoms. The van der Waals surface area contributed by atoms with E-state index in [4.69, 9.17) is 0 Å². The van der Waals surface area contributed by atoms with Crippen LogP contribution in [-0.2, 0) is 0 Å². The van der Waals surface area contributed by atoms with E-state index >= 15 is 0 Å². The van der Waals surface area contributed by atoms with Crippen molar-refractivity contribution in [3.05, 3.63) is 99.6 Å². The van der Waals surface area contributed by atoms with E-state index in [2.05, 4.69) is 0 Å². The Balaban J connectivity index is 1.67. The Morgan fingerprint density at radius 3 is 1.94 bits per heavy atom. The minimum absolute atomic E-state index is 0.121. The Hall–Kier alpha value is -3.73. The molecule has 1 heterocycles. The van der Waals surface area contributed by atoms with Crippen LogP contribution >= 0.6 is 0 Å². The van der Waals surface area contributed by atoms with E-state index in [1.807, 2.05) is 64.1 Å². The molecule has 0 aliphatic carbocycles. The Labute approximate surface area is 188 Å². The molecule has 0 N–H and O–H groups in total. The van der Waals surface area contributed by atoms with Crippen molar-refractivity contribution in [2.75, 3.05) is 18.0 Å². The lowest BCUT2D eigenvalue weighted by Gasteiger charge is -2.27. The number of anilines is 1. The standard InChI is InChI=1S/C27H26N2O3/c1-17-9-10-24(20(4)14-17)28(25(30)21-15-18(2)13-19(3)16-21)11-12-29-26(31)22-7-5-6-8-23(22)27(29)32/h5-10,13-16H,11-12H2,1-4H3. The molecule has 0 unspecified atom stereocenters. The molecule has 0 saturated carbocycles. The summed E-state index contributed by atoms with van der Waals surface area (Å²) in [6, 6.07) is 18.5. The van der Waals surface area contributed by atoms with Crippen molar-refractivity contribution in [1.82, 2.24) is 4.90 Å². The molecule has 0 atom stereocenters. The fourth-order valence-electron chi connectivity index (χ4n) is 4.34. The van der Waals surface area contributed by atoms with Crippen molar-refractivity contribution in [2.24, 2.45) is 0 Å². The van der Waals surface area contributed by atoms with Crippen LogP contribution in [0.25, 0.3) is 0 Å². The molecule has 3 aromatic carbocycles. The largest absolute Gasteiger partial charge is 0.306 e. The zero-order valence-electron chi connectivity index (χ0n) is 18.8. The second kappa shape index (κ2) is 8.42. The van der Waals surface area contributed by atoms with E-state index in [1.165, 1.54) is 4.90 Å². The Morgan fingerprint density at radius 2 is 1.38 bits per heavy atom. The van der Waals surface area contributed by atoms with Crippen molar-refractivity contribution in [1.29, 1.82) is 0 Å². The summed E-state index contributed by atoms with van der Waals surface area (Å²) in [4.78, 5) is 42.1. The summed E-state index contributed by atoms with van der Waals surface area (Å²) in [5, 5.41) is 0. The van der Waals surface area contributed by atoms with E-state index in [1.54, 1.807) is 29.2 Å². The molecule has 5 nitrogen and oxygen atoms in total. The van der Waals surface area contributed by atoms with Gasteiger partial charge in [-0.3, -0.25) is 19.3 Å². The molecule has 3 aromatic rings. The first-order valence-electron chi connectivity index (χ1n) is 10.7. The average Bonchev–Trinajstić information content (AvgIpc) is 2.99. The van der Waals surface area contributed by atoms with Gasteiger partial charge in [0.15, 0.2) is 0 Å². The lowest BCUT2D eigenvalue weighted by molar-refractivity contribution is 0.0654. The molecular formula is C27H26N2O3. The van der Waals surface area contributed by atoms with E-state index in [9.17, 15) is 14.4 Å². The molecule has 0 radical (unpaired) electrons. The quantitative estimate of drug-likeness (QED) is 0.547. The molecule has 0 spiro atoms. The summed E-state index contributed by atoms with van der Waals surface area (Å²) in [5.41, 5.74) is 6.27. The van der Waals surface area contributed by atoms with Gasteiger partial charge in [-0.15, -0.1) is 0 Å². The van der Waals surface area contributed by atoms with Gasteiger partial charge in [-0.05, 0) is 63.6 Å². The van der Waals surface area contributed by atoms with Crippen molar-refractivity contribution < 1.29 is 14.4 Å². The molecule has 0 bridgehead atoms. The lowest BCUT2D eigenvalue weighted by Crippen LogP contribution is -2.41. The van der Waals surface area contributed by atoms with Crippen LogP contribution in [0.15, 0.2) is 60.7 Å². The number of fused-ring (bicyclic) bond motifs is 1. The highest BCUT2D eigenvalue weighted by Crippen LogP contribution is 2.26. The first kappa shape index (κ1) is 21.5. The van der Waals surface area contributed by atoms with Crippen LogP contribution in [0.5, 0.6) is 0 Å². The number of hydrogen-bond donors (Lipinski definition) is 0. The molecule has 1 aliphatic heterocycles. The summed E-state index contributed by atoms with van der Waals surface area (Å²) < 4.78 is 0. The van der Waals surface area contributed by atoms with Crippen LogP contribution in [0.2, 0.25) is 0 Å². The van der Waals surface area contributed by atoms with Gasteiger partial charge < -0.3 is 4.90 Å². The van der Waals surface area contributed by atoms with Crippen molar-refractivity contribution in [3.8, 4) is 0 Å². The smallest absolute Gasteiger partial charge is 0.261 e. The fourth-order valence-corrected chi connectivity index (χ4v) is 4.34. The zero-order valence-corrected chi connectivity index (χ0v) is 18.8.